The molecular weight excluding hydrogens is 310 g/mol. The predicted octanol–water partition coefficient (Wildman–Crippen LogP) is 3.77. The Kier molecular flexibility index (Phi) is 4.63. The molecule has 0 saturated heterocycles. The number of nitrogens with one attached hydrogen (secondary N) is 2. The molecule has 1 amide bonds. The third kappa shape index (κ3) is 3.90. The van der Waals surface area contributed by atoms with Crippen molar-refractivity contribution < 1.29 is 4.79 Å². The molecule has 0 saturated carbocycles. The Balaban J connectivity index is 1.52. The third-order valence-corrected chi connectivity index (χ3v) is 4.18. The molecule has 2 N–H and O–H groups in total. The maximum atomic E-state index is 12.0. The number of carbonyl (C=O) groups is 1. The number of aryl methyl sites for hydroxylation is 2. The highest BCUT2D eigenvalue weighted by atomic mass is 35.5. The Morgan fingerprint density at radius 1 is 1.26 bits per heavy atom. The number of aromatic amines is 1. The van der Waals surface area contributed by atoms with Gasteiger partial charge < -0.3 is 10.3 Å². The van der Waals surface area contributed by atoms with Crippen LogP contribution in [0.15, 0.2) is 42.5 Å². The monoisotopic (exact) mass is 327 g/mol. The van der Waals surface area contributed by atoms with Crippen LogP contribution in [0.5, 0.6) is 0 Å². The van der Waals surface area contributed by atoms with Gasteiger partial charge in [-0.1, -0.05) is 35.9 Å². The van der Waals surface area contributed by atoms with Crippen molar-refractivity contribution in [3.63, 3.8) is 0 Å². The minimum absolute atomic E-state index is 0.00199. The fraction of sp³-hybridized carbons (Fsp3) is 0.222. The molecule has 2 aromatic carbocycles. The molecule has 1 heterocycles. The first-order chi connectivity index (χ1) is 11.1. The molecule has 5 heteroatoms. The third-order valence-electron chi connectivity index (χ3n) is 3.77. The number of amides is 1. The summed E-state index contributed by atoms with van der Waals surface area (Å²) in [5, 5.41) is 3.63. The molecule has 0 unspecified atom stereocenters. The number of rotatable bonds is 5. The van der Waals surface area contributed by atoms with Crippen molar-refractivity contribution in [2.24, 2.45) is 0 Å². The zero-order valence-corrected chi connectivity index (χ0v) is 13.7. The van der Waals surface area contributed by atoms with Gasteiger partial charge in [-0.05, 0) is 42.7 Å². The maximum Gasteiger partial charge on any atom is 0.220 e. The molecule has 0 atom stereocenters. The van der Waals surface area contributed by atoms with E-state index in [1.807, 2.05) is 49.4 Å². The van der Waals surface area contributed by atoms with Crippen LogP contribution in [0.25, 0.3) is 11.0 Å². The van der Waals surface area contributed by atoms with Crippen LogP contribution in [0.3, 0.4) is 0 Å². The van der Waals surface area contributed by atoms with Gasteiger partial charge in [-0.15, -0.1) is 0 Å². The van der Waals surface area contributed by atoms with Crippen molar-refractivity contribution in [2.45, 2.75) is 26.3 Å². The quantitative estimate of drug-likeness (QED) is 0.749. The molecular formula is C18H18ClN3O. The predicted molar refractivity (Wildman–Crippen MR) is 92.5 cm³/mol. The minimum Gasteiger partial charge on any atom is -0.349 e. The first-order valence-electron chi connectivity index (χ1n) is 7.57. The average Bonchev–Trinajstić information content (AvgIpc) is 2.97. The summed E-state index contributed by atoms with van der Waals surface area (Å²) in [7, 11) is 0. The number of benzene rings is 2. The molecule has 1 aromatic heterocycles. The van der Waals surface area contributed by atoms with E-state index in [1.54, 1.807) is 0 Å². The smallest absolute Gasteiger partial charge is 0.220 e. The molecule has 3 rings (SSSR count). The normalized spacial score (nSPS) is 10.9. The number of nitrogens with zero attached hydrogens (tertiary/aromatic N) is 1. The molecule has 23 heavy (non-hydrogen) atoms. The second kappa shape index (κ2) is 6.84. The number of hydrogen-bond donors (Lipinski definition) is 2. The zero-order valence-electron chi connectivity index (χ0n) is 12.9. The highest BCUT2D eigenvalue weighted by molar-refractivity contribution is 6.31. The van der Waals surface area contributed by atoms with E-state index < -0.39 is 0 Å². The first-order valence-corrected chi connectivity index (χ1v) is 7.95. The van der Waals surface area contributed by atoms with E-state index in [-0.39, 0.29) is 5.91 Å². The Labute approximate surface area is 139 Å². The molecule has 118 valence electrons. The molecule has 0 aliphatic carbocycles. The second-order valence-electron chi connectivity index (χ2n) is 5.56. The Bertz CT molecular complexity index is 808. The molecule has 0 fully saturated rings. The molecule has 4 nitrogen and oxygen atoms in total. The largest absolute Gasteiger partial charge is 0.349 e. The van der Waals surface area contributed by atoms with Crippen LogP contribution in [0, 0.1) is 6.92 Å². The van der Waals surface area contributed by atoms with E-state index in [0.717, 1.165) is 33.0 Å². The molecule has 0 radical (unpaired) electrons. The fourth-order valence-corrected chi connectivity index (χ4v) is 2.61. The van der Waals surface area contributed by atoms with Crippen molar-refractivity contribution in [3.8, 4) is 0 Å². The van der Waals surface area contributed by atoms with E-state index in [4.69, 9.17) is 11.6 Å². The standard InChI is InChI=1S/C18H18ClN3O/c1-12-6-7-13(10-14(12)19)8-9-18(23)20-11-17-21-15-4-2-3-5-16(15)22-17/h2-7,10H,8-9,11H2,1H3,(H,20,23)(H,21,22). The summed E-state index contributed by atoms with van der Waals surface area (Å²) in [4.78, 5) is 19.6. The van der Waals surface area contributed by atoms with Crippen LogP contribution in [0.4, 0.5) is 0 Å². The first kappa shape index (κ1) is 15.6. The van der Waals surface area contributed by atoms with Gasteiger partial charge in [-0.25, -0.2) is 4.98 Å². The number of aromatic nitrogens is 2. The van der Waals surface area contributed by atoms with Gasteiger partial charge in [0.1, 0.15) is 5.82 Å². The lowest BCUT2D eigenvalue weighted by Crippen LogP contribution is -2.23. The molecule has 0 aliphatic heterocycles. The van der Waals surface area contributed by atoms with Gasteiger partial charge in [-0.3, -0.25) is 4.79 Å². The van der Waals surface area contributed by atoms with Crippen molar-refractivity contribution in [2.75, 3.05) is 0 Å². The van der Waals surface area contributed by atoms with Gasteiger partial charge in [0.25, 0.3) is 0 Å². The Morgan fingerprint density at radius 2 is 2.09 bits per heavy atom. The number of H-pyrrole nitrogens is 1. The number of imidazole rings is 1. The summed E-state index contributed by atoms with van der Waals surface area (Å²) in [6.07, 6.45) is 1.10. The Hall–Kier alpha value is -2.33. The molecule has 0 bridgehead atoms. The van der Waals surface area contributed by atoms with E-state index in [1.165, 1.54) is 0 Å². The van der Waals surface area contributed by atoms with Crippen LogP contribution >= 0.6 is 11.6 Å². The SMILES string of the molecule is Cc1ccc(CCC(=O)NCc2nc3ccccc3[nH]2)cc1Cl. The van der Waals surface area contributed by atoms with E-state index in [2.05, 4.69) is 15.3 Å². The highest BCUT2D eigenvalue weighted by Gasteiger charge is 2.06. The van der Waals surface area contributed by atoms with Crippen LogP contribution < -0.4 is 5.32 Å². The van der Waals surface area contributed by atoms with Crippen LogP contribution in [0.1, 0.15) is 23.4 Å². The van der Waals surface area contributed by atoms with Crippen molar-refractivity contribution in [3.05, 3.63) is 64.4 Å². The average molecular weight is 328 g/mol. The summed E-state index contributed by atoms with van der Waals surface area (Å²) >= 11 is 6.10. The Morgan fingerprint density at radius 3 is 2.87 bits per heavy atom. The maximum absolute atomic E-state index is 12.0. The topological polar surface area (TPSA) is 57.8 Å². The molecule has 0 aliphatic rings. The summed E-state index contributed by atoms with van der Waals surface area (Å²) in [5.74, 6) is 0.764. The fourth-order valence-electron chi connectivity index (χ4n) is 2.41. The number of hydrogen-bond acceptors (Lipinski definition) is 2. The summed E-state index contributed by atoms with van der Waals surface area (Å²) < 4.78 is 0. The van der Waals surface area contributed by atoms with Crippen molar-refractivity contribution >= 4 is 28.5 Å². The highest BCUT2D eigenvalue weighted by Crippen LogP contribution is 2.17. The van der Waals surface area contributed by atoms with Crippen molar-refractivity contribution in [1.82, 2.24) is 15.3 Å². The van der Waals surface area contributed by atoms with Gasteiger partial charge in [0, 0.05) is 11.4 Å². The summed E-state index contributed by atoms with van der Waals surface area (Å²) in [6, 6.07) is 13.7. The van der Waals surface area contributed by atoms with Gasteiger partial charge >= 0.3 is 0 Å². The van der Waals surface area contributed by atoms with E-state index in [0.29, 0.717) is 19.4 Å². The van der Waals surface area contributed by atoms with Gasteiger partial charge in [0.05, 0.1) is 17.6 Å². The lowest BCUT2D eigenvalue weighted by atomic mass is 10.1. The van der Waals surface area contributed by atoms with E-state index in [9.17, 15) is 4.79 Å². The lowest BCUT2D eigenvalue weighted by molar-refractivity contribution is -0.121. The minimum atomic E-state index is 0.00199. The van der Waals surface area contributed by atoms with Crippen LogP contribution in [0.2, 0.25) is 5.02 Å². The second-order valence-corrected chi connectivity index (χ2v) is 5.97. The van der Waals surface area contributed by atoms with E-state index >= 15 is 0 Å². The van der Waals surface area contributed by atoms with Crippen LogP contribution in [-0.2, 0) is 17.8 Å². The molecule has 0 spiro atoms. The summed E-state index contributed by atoms with van der Waals surface area (Å²) in [6.45, 7) is 2.37. The number of para-hydroxylation sites is 2. The van der Waals surface area contributed by atoms with Gasteiger partial charge in [0.2, 0.25) is 5.91 Å². The van der Waals surface area contributed by atoms with Gasteiger partial charge in [-0.2, -0.15) is 0 Å². The van der Waals surface area contributed by atoms with Crippen LogP contribution in [-0.4, -0.2) is 15.9 Å². The van der Waals surface area contributed by atoms with Gasteiger partial charge in [0.15, 0.2) is 0 Å². The summed E-state index contributed by atoms with van der Waals surface area (Å²) in [5.41, 5.74) is 4.00. The molecule has 3 aromatic rings. The number of halogens is 1. The number of carbonyl (C=O) groups excluding carboxylic acids is 1. The lowest BCUT2D eigenvalue weighted by Gasteiger charge is -2.05. The van der Waals surface area contributed by atoms with Crippen molar-refractivity contribution in [1.29, 1.82) is 0 Å². The zero-order chi connectivity index (χ0) is 16.2. The number of fused-ring (bicyclic) bond motifs is 1.